The van der Waals surface area contributed by atoms with Crippen LogP contribution in [0, 0.1) is 0 Å². The summed E-state index contributed by atoms with van der Waals surface area (Å²) in [5.74, 6) is 0. The van der Waals surface area contributed by atoms with Crippen molar-refractivity contribution in [2.75, 3.05) is 13.1 Å². The number of β-amino-alcohol motifs (C(OH)–C–C–N with tert-alkyl or cyclic N) is 1. The van der Waals surface area contributed by atoms with Gasteiger partial charge in [-0.15, -0.1) is 0 Å². The fourth-order valence-electron chi connectivity index (χ4n) is 2.84. The predicted octanol–water partition coefficient (Wildman–Crippen LogP) is 0.713. The maximum atomic E-state index is 9.50. The fourth-order valence-corrected chi connectivity index (χ4v) is 2.84. The number of nitrogens with two attached hydrogens (primary N) is 1. The number of nitrogens with zero attached hydrogens (tertiary/aromatic N) is 1. The van der Waals surface area contributed by atoms with Crippen LogP contribution in [0.1, 0.15) is 38.5 Å². The van der Waals surface area contributed by atoms with E-state index in [9.17, 15) is 5.11 Å². The molecule has 0 aromatic carbocycles. The third-order valence-electron chi connectivity index (χ3n) is 3.70. The van der Waals surface area contributed by atoms with Gasteiger partial charge in [0.25, 0.3) is 0 Å². The minimum absolute atomic E-state index is 0.106. The van der Waals surface area contributed by atoms with Crippen LogP contribution in [0.5, 0.6) is 0 Å². The van der Waals surface area contributed by atoms with E-state index in [1.807, 2.05) is 0 Å². The monoisotopic (exact) mass is 198 g/mol. The van der Waals surface area contributed by atoms with Gasteiger partial charge in [0.2, 0.25) is 0 Å². The van der Waals surface area contributed by atoms with Gasteiger partial charge in [-0.25, -0.2) is 0 Å². The first-order chi connectivity index (χ1) is 6.77. The molecule has 1 saturated heterocycles. The number of aliphatic hydroxyl groups is 1. The molecule has 0 aromatic heterocycles. The third-order valence-corrected chi connectivity index (χ3v) is 3.70. The standard InChI is InChI=1S/C11H22N2O/c12-10-4-2-1-3-5-11(10)13-7-6-9(14)8-13/h9-11,14H,1-8,12H2. The molecule has 0 spiro atoms. The highest BCUT2D eigenvalue weighted by atomic mass is 16.3. The Morgan fingerprint density at radius 2 is 1.86 bits per heavy atom. The molecule has 0 radical (unpaired) electrons. The van der Waals surface area contributed by atoms with Crippen molar-refractivity contribution >= 4 is 0 Å². The van der Waals surface area contributed by atoms with Gasteiger partial charge in [0.05, 0.1) is 6.10 Å². The second-order valence-electron chi connectivity index (χ2n) is 4.81. The molecular formula is C11H22N2O. The lowest BCUT2D eigenvalue weighted by molar-refractivity contribution is 0.145. The molecule has 2 fully saturated rings. The second kappa shape index (κ2) is 4.60. The number of rotatable bonds is 1. The Balaban J connectivity index is 1.93. The normalized spacial score (nSPS) is 41.1. The molecule has 1 heterocycles. The van der Waals surface area contributed by atoms with E-state index in [2.05, 4.69) is 4.90 Å². The van der Waals surface area contributed by atoms with Gasteiger partial charge >= 0.3 is 0 Å². The highest BCUT2D eigenvalue weighted by Gasteiger charge is 2.31. The van der Waals surface area contributed by atoms with Crippen LogP contribution in [0.4, 0.5) is 0 Å². The fraction of sp³-hybridized carbons (Fsp3) is 1.00. The van der Waals surface area contributed by atoms with Crippen LogP contribution in [0.15, 0.2) is 0 Å². The van der Waals surface area contributed by atoms with Crippen LogP contribution in [0.2, 0.25) is 0 Å². The molecule has 3 N–H and O–H groups in total. The van der Waals surface area contributed by atoms with Crippen molar-refractivity contribution in [3.63, 3.8) is 0 Å². The van der Waals surface area contributed by atoms with E-state index in [0.29, 0.717) is 12.1 Å². The minimum Gasteiger partial charge on any atom is -0.392 e. The molecule has 0 aromatic rings. The Bertz CT molecular complexity index is 186. The van der Waals surface area contributed by atoms with Crippen molar-refractivity contribution in [2.45, 2.75) is 56.7 Å². The van der Waals surface area contributed by atoms with E-state index < -0.39 is 0 Å². The first-order valence-corrected chi connectivity index (χ1v) is 5.95. The Hall–Kier alpha value is -0.120. The van der Waals surface area contributed by atoms with E-state index in [1.54, 1.807) is 0 Å². The molecule has 3 atom stereocenters. The highest BCUT2D eigenvalue weighted by Crippen LogP contribution is 2.24. The van der Waals surface area contributed by atoms with Crippen molar-refractivity contribution in [3.8, 4) is 0 Å². The molecule has 0 bridgehead atoms. The third kappa shape index (κ3) is 2.27. The summed E-state index contributed by atoms with van der Waals surface area (Å²) in [5.41, 5.74) is 6.18. The first-order valence-electron chi connectivity index (χ1n) is 5.95. The lowest BCUT2D eigenvalue weighted by atomic mass is 10.0. The smallest absolute Gasteiger partial charge is 0.0679 e. The Morgan fingerprint density at radius 3 is 2.57 bits per heavy atom. The van der Waals surface area contributed by atoms with E-state index >= 15 is 0 Å². The van der Waals surface area contributed by atoms with Gasteiger partial charge in [0.15, 0.2) is 0 Å². The minimum atomic E-state index is -0.106. The molecule has 3 nitrogen and oxygen atoms in total. The summed E-state index contributed by atoms with van der Waals surface area (Å²) in [6.07, 6.45) is 7.15. The summed E-state index contributed by atoms with van der Waals surface area (Å²) in [5, 5.41) is 9.50. The van der Waals surface area contributed by atoms with E-state index in [-0.39, 0.29) is 6.10 Å². The summed E-state index contributed by atoms with van der Waals surface area (Å²) >= 11 is 0. The quantitative estimate of drug-likeness (QED) is 0.610. The van der Waals surface area contributed by atoms with Gasteiger partial charge in [0.1, 0.15) is 0 Å². The topological polar surface area (TPSA) is 49.5 Å². The zero-order chi connectivity index (χ0) is 9.97. The van der Waals surface area contributed by atoms with E-state index in [1.165, 1.54) is 25.7 Å². The molecule has 0 amide bonds. The molecule has 3 unspecified atom stereocenters. The van der Waals surface area contributed by atoms with Crippen molar-refractivity contribution in [3.05, 3.63) is 0 Å². The Morgan fingerprint density at radius 1 is 1.07 bits per heavy atom. The van der Waals surface area contributed by atoms with Gasteiger partial charge in [0, 0.05) is 25.2 Å². The van der Waals surface area contributed by atoms with E-state index in [4.69, 9.17) is 5.73 Å². The van der Waals surface area contributed by atoms with Gasteiger partial charge in [-0.3, -0.25) is 4.90 Å². The van der Waals surface area contributed by atoms with Crippen molar-refractivity contribution in [1.82, 2.24) is 4.90 Å². The lowest BCUT2D eigenvalue weighted by Crippen LogP contribution is -2.46. The van der Waals surface area contributed by atoms with Gasteiger partial charge in [-0.05, 0) is 19.3 Å². The molecule has 1 aliphatic carbocycles. The van der Waals surface area contributed by atoms with Crippen LogP contribution < -0.4 is 5.73 Å². The highest BCUT2D eigenvalue weighted by molar-refractivity contribution is 4.88. The van der Waals surface area contributed by atoms with E-state index in [0.717, 1.165) is 25.9 Å². The Kier molecular flexibility index (Phi) is 3.42. The summed E-state index contributed by atoms with van der Waals surface area (Å²) in [6.45, 7) is 1.89. The average molecular weight is 198 g/mol. The number of hydrogen-bond donors (Lipinski definition) is 2. The molecule has 82 valence electrons. The maximum absolute atomic E-state index is 9.50. The molecule has 1 saturated carbocycles. The summed E-state index contributed by atoms with van der Waals surface area (Å²) < 4.78 is 0. The van der Waals surface area contributed by atoms with Crippen molar-refractivity contribution < 1.29 is 5.11 Å². The molecule has 2 rings (SSSR count). The number of hydrogen-bond acceptors (Lipinski definition) is 3. The van der Waals surface area contributed by atoms with Crippen molar-refractivity contribution in [1.29, 1.82) is 0 Å². The largest absolute Gasteiger partial charge is 0.392 e. The van der Waals surface area contributed by atoms with Gasteiger partial charge < -0.3 is 10.8 Å². The summed E-state index contributed by atoms with van der Waals surface area (Å²) in [4.78, 5) is 2.40. The number of aliphatic hydroxyl groups excluding tert-OH is 1. The van der Waals surface area contributed by atoms with Crippen LogP contribution in [-0.2, 0) is 0 Å². The predicted molar refractivity (Wildman–Crippen MR) is 57.0 cm³/mol. The Labute approximate surface area is 86.3 Å². The average Bonchev–Trinajstić information content (AvgIpc) is 2.46. The van der Waals surface area contributed by atoms with Gasteiger partial charge in [-0.2, -0.15) is 0 Å². The summed E-state index contributed by atoms with van der Waals surface area (Å²) in [6, 6.07) is 0.873. The molecule has 2 aliphatic rings. The lowest BCUT2D eigenvalue weighted by Gasteiger charge is -2.31. The molecular weight excluding hydrogens is 176 g/mol. The molecule has 14 heavy (non-hydrogen) atoms. The second-order valence-corrected chi connectivity index (χ2v) is 4.81. The van der Waals surface area contributed by atoms with Crippen LogP contribution >= 0.6 is 0 Å². The van der Waals surface area contributed by atoms with Crippen LogP contribution in [0.3, 0.4) is 0 Å². The molecule has 1 aliphatic heterocycles. The van der Waals surface area contributed by atoms with Crippen LogP contribution in [0.25, 0.3) is 0 Å². The maximum Gasteiger partial charge on any atom is 0.0679 e. The zero-order valence-electron chi connectivity index (χ0n) is 8.86. The molecule has 3 heteroatoms. The van der Waals surface area contributed by atoms with Crippen LogP contribution in [-0.4, -0.2) is 41.3 Å². The van der Waals surface area contributed by atoms with Gasteiger partial charge in [-0.1, -0.05) is 19.3 Å². The SMILES string of the molecule is NC1CCCCCC1N1CCC(O)C1. The first kappa shape index (κ1) is 10.4. The zero-order valence-corrected chi connectivity index (χ0v) is 8.86. The van der Waals surface area contributed by atoms with Crippen molar-refractivity contribution in [2.24, 2.45) is 5.73 Å². The number of likely N-dealkylation sites (tertiary alicyclic amines) is 1. The summed E-state index contributed by atoms with van der Waals surface area (Å²) in [7, 11) is 0.